The lowest BCUT2D eigenvalue weighted by atomic mass is 9.96. The number of hydrogen-bond donors (Lipinski definition) is 1. The van der Waals surface area contributed by atoms with Crippen molar-refractivity contribution in [3.8, 4) is 0 Å². The Morgan fingerprint density at radius 1 is 1.35 bits per heavy atom. The summed E-state index contributed by atoms with van der Waals surface area (Å²) in [6.45, 7) is 4.65. The molecule has 0 saturated heterocycles. The maximum atomic E-state index is 4.32. The lowest BCUT2D eigenvalue weighted by Gasteiger charge is -2.29. The van der Waals surface area contributed by atoms with Crippen molar-refractivity contribution in [3.63, 3.8) is 0 Å². The van der Waals surface area contributed by atoms with Crippen LogP contribution < -0.4 is 0 Å². The van der Waals surface area contributed by atoms with Crippen LogP contribution in [-0.2, 0) is 13.0 Å². The molecular weight excluding hydrogens is 246 g/mol. The van der Waals surface area contributed by atoms with Gasteiger partial charge in [0, 0.05) is 24.4 Å². The number of hydrogen-bond acceptors (Lipinski definition) is 3. The van der Waals surface area contributed by atoms with Gasteiger partial charge in [-0.25, -0.2) is 0 Å². The zero-order valence-corrected chi connectivity index (χ0v) is 11.9. The Kier molecular flexibility index (Phi) is 3.42. The molecule has 1 aromatic carbocycles. The second-order valence-corrected chi connectivity index (χ2v) is 6.78. The highest BCUT2D eigenvalue weighted by atomic mass is 33.1. The molecular formula is C14H19NS2. The molecule has 2 aliphatic rings. The van der Waals surface area contributed by atoms with Crippen LogP contribution in [0.3, 0.4) is 0 Å². The maximum absolute atomic E-state index is 4.32. The lowest BCUT2D eigenvalue weighted by molar-refractivity contribution is 0.243. The van der Waals surface area contributed by atoms with Crippen molar-refractivity contribution in [3.05, 3.63) is 34.9 Å². The van der Waals surface area contributed by atoms with Gasteiger partial charge >= 0.3 is 0 Å². The predicted octanol–water partition coefficient (Wildman–Crippen LogP) is 3.85. The molecule has 0 aromatic heterocycles. The van der Waals surface area contributed by atoms with Gasteiger partial charge in [-0.2, -0.15) is 0 Å². The molecule has 0 amide bonds. The van der Waals surface area contributed by atoms with Gasteiger partial charge in [-0.3, -0.25) is 4.90 Å². The van der Waals surface area contributed by atoms with Gasteiger partial charge in [0.25, 0.3) is 0 Å². The number of rotatable bonds is 3. The third-order valence-electron chi connectivity index (χ3n) is 3.96. The Labute approximate surface area is 113 Å². The topological polar surface area (TPSA) is 3.24 Å². The first-order valence-electron chi connectivity index (χ1n) is 6.44. The van der Waals surface area contributed by atoms with E-state index in [-0.39, 0.29) is 0 Å². The predicted molar refractivity (Wildman–Crippen MR) is 78.6 cm³/mol. The van der Waals surface area contributed by atoms with Crippen molar-refractivity contribution in [2.45, 2.75) is 44.0 Å². The van der Waals surface area contributed by atoms with Crippen LogP contribution in [0.4, 0.5) is 0 Å². The average Bonchev–Trinajstić information content (AvgIpc) is 3.20. The first-order valence-corrected chi connectivity index (χ1v) is 8.37. The molecule has 0 radical (unpaired) electrons. The van der Waals surface area contributed by atoms with Crippen LogP contribution >= 0.6 is 22.5 Å². The molecule has 17 heavy (non-hydrogen) atoms. The largest absolute Gasteiger partial charge is 0.296 e. The van der Waals surface area contributed by atoms with E-state index in [4.69, 9.17) is 0 Å². The van der Waals surface area contributed by atoms with E-state index in [1.165, 1.54) is 31.4 Å². The second-order valence-electron chi connectivity index (χ2n) is 5.23. The second kappa shape index (κ2) is 4.87. The van der Waals surface area contributed by atoms with E-state index < -0.39 is 0 Å². The summed E-state index contributed by atoms with van der Waals surface area (Å²) in [7, 11) is 1.63. The molecule has 92 valence electrons. The molecule has 1 unspecified atom stereocenters. The monoisotopic (exact) mass is 265 g/mol. The van der Waals surface area contributed by atoms with Crippen molar-refractivity contribution in [2.75, 3.05) is 6.54 Å². The van der Waals surface area contributed by atoms with E-state index in [0.29, 0.717) is 5.25 Å². The van der Waals surface area contributed by atoms with Crippen molar-refractivity contribution >= 4 is 22.5 Å². The summed E-state index contributed by atoms with van der Waals surface area (Å²) in [4.78, 5) is 2.66. The fourth-order valence-electron chi connectivity index (χ4n) is 2.66. The molecule has 1 atom stereocenters. The quantitative estimate of drug-likeness (QED) is 0.653. The van der Waals surface area contributed by atoms with Gasteiger partial charge in [0.15, 0.2) is 0 Å². The molecule has 1 fully saturated rings. The highest BCUT2D eigenvalue weighted by molar-refractivity contribution is 8.68. The fourth-order valence-corrected chi connectivity index (χ4v) is 3.30. The average molecular weight is 265 g/mol. The van der Waals surface area contributed by atoms with Crippen molar-refractivity contribution in [1.82, 2.24) is 4.90 Å². The Hall–Kier alpha value is -0.120. The van der Waals surface area contributed by atoms with Crippen molar-refractivity contribution < 1.29 is 0 Å². The van der Waals surface area contributed by atoms with Gasteiger partial charge in [0.05, 0.1) is 0 Å². The lowest BCUT2D eigenvalue weighted by Crippen LogP contribution is -2.32. The summed E-state index contributed by atoms with van der Waals surface area (Å²) in [6.07, 6.45) is 4.06. The van der Waals surface area contributed by atoms with Gasteiger partial charge in [-0.15, -0.1) is 11.7 Å². The van der Waals surface area contributed by atoms with Crippen LogP contribution in [0.2, 0.25) is 0 Å². The summed E-state index contributed by atoms with van der Waals surface area (Å²) in [6, 6.07) is 7.90. The van der Waals surface area contributed by atoms with Gasteiger partial charge in [-0.05, 0) is 42.9 Å². The molecule has 1 saturated carbocycles. The van der Waals surface area contributed by atoms with Gasteiger partial charge in [-0.1, -0.05) is 29.0 Å². The van der Waals surface area contributed by atoms with Gasteiger partial charge in [0.2, 0.25) is 0 Å². The third kappa shape index (κ3) is 2.51. The summed E-state index contributed by atoms with van der Waals surface area (Å²) in [5.74, 6) is 0. The molecule has 1 aliphatic carbocycles. The highest BCUT2D eigenvalue weighted by Gasteiger charge is 2.31. The minimum absolute atomic E-state index is 0.486. The van der Waals surface area contributed by atoms with Crippen LogP contribution in [0.1, 0.15) is 41.7 Å². The molecule has 0 bridgehead atoms. The Morgan fingerprint density at radius 2 is 2.18 bits per heavy atom. The minimum Gasteiger partial charge on any atom is -0.296 e. The van der Waals surface area contributed by atoms with Crippen LogP contribution in [-0.4, -0.2) is 17.5 Å². The smallest absolute Gasteiger partial charge is 0.0370 e. The summed E-state index contributed by atoms with van der Waals surface area (Å²) < 4.78 is 0. The third-order valence-corrected chi connectivity index (χ3v) is 5.50. The van der Waals surface area contributed by atoms with E-state index in [1.807, 2.05) is 0 Å². The highest BCUT2D eigenvalue weighted by Crippen LogP contribution is 2.35. The van der Waals surface area contributed by atoms with Crippen LogP contribution in [0.15, 0.2) is 18.2 Å². The zero-order chi connectivity index (χ0) is 11.8. The molecule has 3 rings (SSSR count). The molecule has 3 heteroatoms. The van der Waals surface area contributed by atoms with Gasteiger partial charge < -0.3 is 0 Å². The Balaban J connectivity index is 1.83. The van der Waals surface area contributed by atoms with Crippen molar-refractivity contribution in [2.24, 2.45) is 0 Å². The molecule has 0 N–H and O–H groups in total. The summed E-state index contributed by atoms with van der Waals surface area (Å²) in [5, 5.41) is 0.486. The van der Waals surface area contributed by atoms with Crippen LogP contribution in [0.5, 0.6) is 0 Å². The normalized spacial score (nSPS) is 22.2. The first kappa shape index (κ1) is 11.9. The molecule has 1 heterocycles. The maximum Gasteiger partial charge on any atom is 0.0370 e. The van der Waals surface area contributed by atoms with E-state index in [2.05, 4.69) is 41.7 Å². The number of nitrogens with zero attached hydrogens (tertiary/aromatic N) is 1. The molecule has 1 aliphatic heterocycles. The summed E-state index contributed by atoms with van der Waals surface area (Å²) in [5.41, 5.74) is 4.53. The number of thiol groups is 1. The van der Waals surface area contributed by atoms with E-state index in [9.17, 15) is 0 Å². The fraction of sp³-hybridized carbons (Fsp3) is 0.571. The number of benzene rings is 1. The van der Waals surface area contributed by atoms with Crippen LogP contribution in [0.25, 0.3) is 0 Å². The van der Waals surface area contributed by atoms with Crippen molar-refractivity contribution in [1.29, 1.82) is 0 Å². The minimum atomic E-state index is 0.486. The molecule has 1 nitrogen and oxygen atoms in total. The van der Waals surface area contributed by atoms with Crippen LogP contribution in [0, 0.1) is 0 Å². The SMILES string of the molecule is CC(SS)c1ccc2c(c1)CN(C1CC1)CC2. The van der Waals surface area contributed by atoms with E-state index in [1.54, 1.807) is 21.9 Å². The van der Waals surface area contributed by atoms with E-state index >= 15 is 0 Å². The van der Waals surface area contributed by atoms with Gasteiger partial charge in [0.1, 0.15) is 0 Å². The Morgan fingerprint density at radius 3 is 2.88 bits per heavy atom. The van der Waals surface area contributed by atoms with E-state index in [0.717, 1.165) is 12.6 Å². The molecule has 0 spiro atoms. The Bertz CT molecular complexity index is 415. The number of fused-ring (bicyclic) bond motifs is 1. The first-order chi connectivity index (χ1) is 8.28. The molecule has 1 aromatic rings. The zero-order valence-electron chi connectivity index (χ0n) is 10.2. The summed E-state index contributed by atoms with van der Waals surface area (Å²) >= 11 is 4.32. The standard InChI is InChI=1S/C14H19NS2/c1-10(17-16)12-3-2-11-6-7-15(14-4-5-14)9-13(11)8-12/h2-3,8,10,14,16H,4-7,9H2,1H3.